The number of benzene rings is 1. The highest BCUT2D eigenvalue weighted by atomic mass is 16.2. The SMILES string of the molecule is O=C(Nc1cc(NC(=O)C23CC4CC(CC(C4)C2)C3)c2ncccc2c1)C12CC3CC(CC(C3)C1)C2. The van der Waals surface area contributed by atoms with Gasteiger partial charge in [0.1, 0.15) is 0 Å². The topological polar surface area (TPSA) is 71.1 Å². The van der Waals surface area contributed by atoms with Crippen molar-refractivity contribution in [3.8, 4) is 0 Å². The van der Waals surface area contributed by atoms with E-state index in [1.54, 1.807) is 6.20 Å². The zero-order valence-corrected chi connectivity index (χ0v) is 21.1. The van der Waals surface area contributed by atoms with Crippen molar-refractivity contribution in [3.63, 3.8) is 0 Å². The molecule has 36 heavy (non-hydrogen) atoms. The molecule has 2 amide bonds. The summed E-state index contributed by atoms with van der Waals surface area (Å²) in [7, 11) is 0. The molecule has 5 heteroatoms. The standard InChI is InChI=1S/C31H37N3O2/c35-28(30-12-18-4-19(13-30)6-20(5-18)14-30)33-25-10-24-2-1-3-32-27(24)26(11-25)34-29(36)31-15-21-7-22(16-31)9-23(8-21)17-31/h1-3,10-11,18-23H,4-9,12-17H2,(H,33,35)(H,34,36). The molecule has 0 saturated heterocycles. The Kier molecular flexibility index (Phi) is 4.54. The molecule has 1 heterocycles. The number of aromatic nitrogens is 1. The number of anilines is 2. The lowest BCUT2D eigenvalue weighted by molar-refractivity contribution is -0.140. The van der Waals surface area contributed by atoms with Crippen LogP contribution in [0.1, 0.15) is 77.0 Å². The van der Waals surface area contributed by atoms with Gasteiger partial charge in [0.2, 0.25) is 11.8 Å². The second-order valence-corrected chi connectivity index (χ2v) is 13.9. The Labute approximate surface area is 213 Å². The van der Waals surface area contributed by atoms with Crippen molar-refractivity contribution in [2.75, 3.05) is 10.6 Å². The number of fused-ring (bicyclic) bond motifs is 1. The van der Waals surface area contributed by atoms with Crippen molar-refractivity contribution in [2.45, 2.75) is 77.0 Å². The molecule has 10 rings (SSSR count). The van der Waals surface area contributed by atoms with Crippen LogP contribution in [0, 0.1) is 46.3 Å². The molecule has 0 aliphatic heterocycles. The maximum absolute atomic E-state index is 13.8. The fraction of sp³-hybridized carbons (Fsp3) is 0.645. The van der Waals surface area contributed by atoms with Crippen LogP contribution in [0.4, 0.5) is 11.4 Å². The summed E-state index contributed by atoms with van der Waals surface area (Å²) in [5, 5.41) is 7.62. The molecule has 2 aromatic rings. The molecule has 5 nitrogen and oxygen atoms in total. The van der Waals surface area contributed by atoms with Gasteiger partial charge in [0.25, 0.3) is 0 Å². The van der Waals surface area contributed by atoms with Gasteiger partial charge in [-0.05, 0) is 131 Å². The summed E-state index contributed by atoms with van der Waals surface area (Å²) < 4.78 is 0. The maximum atomic E-state index is 13.8. The second kappa shape index (κ2) is 7.55. The molecule has 0 spiro atoms. The summed E-state index contributed by atoms with van der Waals surface area (Å²) in [6, 6.07) is 7.95. The Morgan fingerprint density at radius 1 is 0.694 bits per heavy atom. The third kappa shape index (κ3) is 3.30. The average molecular weight is 484 g/mol. The van der Waals surface area contributed by atoms with E-state index in [0.717, 1.165) is 96.3 Å². The molecule has 188 valence electrons. The number of nitrogens with zero attached hydrogens (tertiary/aromatic N) is 1. The molecule has 2 N–H and O–H groups in total. The van der Waals surface area contributed by atoms with Crippen molar-refractivity contribution in [1.29, 1.82) is 0 Å². The smallest absolute Gasteiger partial charge is 0.230 e. The second-order valence-electron chi connectivity index (χ2n) is 13.9. The van der Waals surface area contributed by atoms with Gasteiger partial charge in [-0.15, -0.1) is 0 Å². The summed E-state index contributed by atoms with van der Waals surface area (Å²) >= 11 is 0. The first-order valence-electron chi connectivity index (χ1n) is 14.5. The molecule has 0 atom stereocenters. The lowest BCUT2D eigenvalue weighted by atomic mass is 9.49. The number of nitrogens with one attached hydrogen (secondary N) is 2. The molecule has 1 aromatic carbocycles. The van der Waals surface area contributed by atoms with E-state index in [0.29, 0.717) is 0 Å². The fourth-order valence-electron chi connectivity index (χ4n) is 10.7. The number of hydrogen-bond acceptors (Lipinski definition) is 3. The van der Waals surface area contributed by atoms with Gasteiger partial charge in [-0.1, -0.05) is 6.07 Å². The molecular weight excluding hydrogens is 446 g/mol. The van der Waals surface area contributed by atoms with Crippen molar-refractivity contribution >= 4 is 34.1 Å². The summed E-state index contributed by atoms with van der Waals surface area (Å²) in [6.07, 6.45) is 16.0. The number of carbonyl (C=O) groups excluding carboxylic acids is 2. The maximum Gasteiger partial charge on any atom is 0.230 e. The van der Waals surface area contributed by atoms with Crippen LogP contribution in [-0.4, -0.2) is 16.8 Å². The van der Waals surface area contributed by atoms with Gasteiger partial charge in [-0.25, -0.2) is 0 Å². The molecule has 8 aliphatic rings. The molecule has 8 bridgehead atoms. The summed E-state index contributed by atoms with van der Waals surface area (Å²) in [5.74, 6) is 4.75. The highest BCUT2D eigenvalue weighted by Gasteiger charge is 2.56. The van der Waals surface area contributed by atoms with Crippen LogP contribution in [0.15, 0.2) is 30.5 Å². The predicted molar refractivity (Wildman–Crippen MR) is 140 cm³/mol. The van der Waals surface area contributed by atoms with Gasteiger partial charge in [0.15, 0.2) is 0 Å². The third-order valence-electron chi connectivity index (χ3n) is 11.3. The van der Waals surface area contributed by atoms with Gasteiger partial charge in [-0.2, -0.15) is 0 Å². The first kappa shape index (κ1) is 21.6. The minimum absolute atomic E-state index is 0.179. The number of hydrogen-bond donors (Lipinski definition) is 2. The van der Waals surface area contributed by atoms with Gasteiger partial charge in [0.05, 0.1) is 22.0 Å². The number of amides is 2. The molecule has 1 aromatic heterocycles. The van der Waals surface area contributed by atoms with Gasteiger partial charge >= 0.3 is 0 Å². The minimum atomic E-state index is -0.214. The average Bonchev–Trinajstić information content (AvgIpc) is 2.82. The van der Waals surface area contributed by atoms with E-state index < -0.39 is 0 Å². The van der Waals surface area contributed by atoms with Crippen molar-refractivity contribution in [3.05, 3.63) is 30.5 Å². The number of pyridine rings is 1. The van der Waals surface area contributed by atoms with E-state index >= 15 is 0 Å². The van der Waals surface area contributed by atoms with Crippen LogP contribution >= 0.6 is 0 Å². The number of rotatable bonds is 4. The summed E-state index contributed by atoms with van der Waals surface area (Å²) in [6.45, 7) is 0. The fourth-order valence-corrected chi connectivity index (χ4v) is 10.7. The Balaban J connectivity index is 1.09. The largest absolute Gasteiger partial charge is 0.326 e. The Morgan fingerprint density at radius 2 is 1.17 bits per heavy atom. The lowest BCUT2D eigenvalue weighted by Gasteiger charge is -2.55. The molecule has 0 radical (unpaired) electrons. The Hall–Kier alpha value is -2.43. The van der Waals surface area contributed by atoms with E-state index in [9.17, 15) is 9.59 Å². The minimum Gasteiger partial charge on any atom is -0.326 e. The highest BCUT2D eigenvalue weighted by molar-refractivity contribution is 6.06. The van der Waals surface area contributed by atoms with Gasteiger partial charge in [0, 0.05) is 17.3 Å². The van der Waals surface area contributed by atoms with E-state index in [-0.39, 0.29) is 22.6 Å². The molecule has 8 fully saturated rings. The zero-order valence-electron chi connectivity index (χ0n) is 21.1. The predicted octanol–water partition coefficient (Wildman–Crippen LogP) is 6.54. The molecule has 8 saturated carbocycles. The molecular formula is C31H37N3O2. The van der Waals surface area contributed by atoms with E-state index in [2.05, 4.69) is 15.6 Å². The molecule has 8 aliphatic carbocycles. The summed E-state index contributed by atoms with van der Waals surface area (Å²) in [5.41, 5.74) is 1.94. The van der Waals surface area contributed by atoms with Crippen LogP contribution < -0.4 is 10.6 Å². The van der Waals surface area contributed by atoms with Gasteiger partial charge in [-0.3, -0.25) is 14.6 Å². The molecule has 0 unspecified atom stereocenters. The monoisotopic (exact) mass is 483 g/mol. The van der Waals surface area contributed by atoms with E-state index in [1.165, 1.54) is 38.5 Å². The lowest BCUT2D eigenvalue weighted by Crippen LogP contribution is -2.52. The van der Waals surface area contributed by atoms with Crippen LogP contribution in [0.5, 0.6) is 0 Å². The Bertz CT molecular complexity index is 1200. The van der Waals surface area contributed by atoms with Crippen LogP contribution in [0.2, 0.25) is 0 Å². The van der Waals surface area contributed by atoms with Crippen LogP contribution in [-0.2, 0) is 9.59 Å². The van der Waals surface area contributed by atoms with Crippen LogP contribution in [0.3, 0.4) is 0 Å². The first-order valence-corrected chi connectivity index (χ1v) is 14.5. The van der Waals surface area contributed by atoms with Crippen LogP contribution in [0.25, 0.3) is 10.9 Å². The zero-order chi connectivity index (χ0) is 24.1. The van der Waals surface area contributed by atoms with Crippen molar-refractivity contribution in [2.24, 2.45) is 46.3 Å². The highest BCUT2D eigenvalue weighted by Crippen LogP contribution is 2.61. The van der Waals surface area contributed by atoms with Crippen molar-refractivity contribution in [1.82, 2.24) is 4.98 Å². The summed E-state index contributed by atoms with van der Waals surface area (Å²) in [4.78, 5) is 32.2. The van der Waals surface area contributed by atoms with E-state index in [4.69, 9.17) is 0 Å². The van der Waals surface area contributed by atoms with Gasteiger partial charge < -0.3 is 10.6 Å². The quantitative estimate of drug-likeness (QED) is 0.518. The normalized spacial score (nSPS) is 41.6. The van der Waals surface area contributed by atoms with E-state index in [1.807, 2.05) is 24.3 Å². The first-order chi connectivity index (χ1) is 17.5. The Morgan fingerprint density at radius 3 is 1.67 bits per heavy atom. The third-order valence-corrected chi connectivity index (χ3v) is 11.3. The van der Waals surface area contributed by atoms with Crippen molar-refractivity contribution < 1.29 is 9.59 Å². The number of carbonyl (C=O) groups is 2.